The number of ether oxygens (including phenoxy) is 1. The fourth-order valence-corrected chi connectivity index (χ4v) is 2.10. The molecule has 0 saturated heterocycles. The number of nitrogens with one attached hydrogen (secondary N) is 1. The predicted molar refractivity (Wildman–Crippen MR) is 84.9 cm³/mol. The zero-order chi connectivity index (χ0) is 16.5. The van der Waals surface area contributed by atoms with Crippen molar-refractivity contribution in [2.24, 2.45) is 11.8 Å². The van der Waals surface area contributed by atoms with Gasteiger partial charge in [0.25, 0.3) is 0 Å². The summed E-state index contributed by atoms with van der Waals surface area (Å²) in [6.07, 6.45) is 0.791. The summed E-state index contributed by atoms with van der Waals surface area (Å²) in [7, 11) is 0. The Hall–Kier alpha value is -2.04. The van der Waals surface area contributed by atoms with Crippen molar-refractivity contribution in [2.45, 2.75) is 33.6 Å². The quantitative estimate of drug-likeness (QED) is 0.735. The van der Waals surface area contributed by atoms with Crippen molar-refractivity contribution < 1.29 is 19.4 Å². The summed E-state index contributed by atoms with van der Waals surface area (Å²) in [5.41, 5.74) is 0.911. The smallest absolute Gasteiger partial charge is 0.308 e. The summed E-state index contributed by atoms with van der Waals surface area (Å²) in [5, 5.41) is 12.0. The van der Waals surface area contributed by atoms with Crippen LogP contribution < -0.4 is 10.1 Å². The van der Waals surface area contributed by atoms with E-state index in [9.17, 15) is 14.7 Å². The van der Waals surface area contributed by atoms with Crippen LogP contribution in [0.1, 0.15) is 32.8 Å². The van der Waals surface area contributed by atoms with Gasteiger partial charge in [-0.1, -0.05) is 26.0 Å². The third-order valence-electron chi connectivity index (χ3n) is 3.20. The molecule has 5 heteroatoms. The van der Waals surface area contributed by atoms with Crippen molar-refractivity contribution in [2.75, 3.05) is 13.2 Å². The molecular formula is C17H25NO4. The van der Waals surface area contributed by atoms with Crippen LogP contribution in [0.25, 0.3) is 0 Å². The van der Waals surface area contributed by atoms with Gasteiger partial charge in [0.1, 0.15) is 5.75 Å². The molecule has 0 aliphatic carbocycles. The number of carbonyl (C=O) groups excluding carboxylic acids is 1. The third kappa shape index (κ3) is 6.61. The summed E-state index contributed by atoms with van der Waals surface area (Å²) in [4.78, 5) is 23.0. The number of aliphatic carboxylic acids is 1. The highest BCUT2D eigenvalue weighted by atomic mass is 16.5. The number of carboxylic acids is 1. The van der Waals surface area contributed by atoms with E-state index in [1.807, 2.05) is 45.0 Å². The average Bonchev–Trinajstić information content (AvgIpc) is 2.44. The van der Waals surface area contributed by atoms with Crippen molar-refractivity contribution >= 4 is 11.9 Å². The Bertz CT molecular complexity index is 482. The topological polar surface area (TPSA) is 75.6 Å². The molecule has 1 atom stereocenters. The second-order valence-electron chi connectivity index (χ2n) is 5.72. The monoisotopic (exact) mass is 307 g/mol. The number of hydrogen-bond donors (Lipinski definition) is 2. The first-order chi connectivity index (χ1) is 10.4. The number of carbonyl (C=O) groups is 2. The van der Waals surface area contributed by atoms with E-state index in [2.05, 4.69) is 5.32 Å². The molecule has 122 valence electrons. The molecule has 0 fully saturated rings. The molecule has 1 rings (SSSR count). The first kappa shape index (κ1) is 18.0. The molecule has 0 radical (unpaired) electrons. The third-order valence-corrected chi connectivity index (χ3v) is 3.20. The maximum atomic E-state index is 11.6. The van der Waals surface area contributed by atoms with Gasteiger partial charge >= 0.3 is 5.97 Å². The minimum absolute atomic E-state index is 0.104. The van der Waals surface area contributed by atoms with Crippen LogP contribution in [-0.4, -0.2) is 30.1 Å². The zero-order valence-corrected chi connectivity index (χ0v) is 13.5. The Kier molecular flexibility index (Phi) is 7.43. The predicted octanol–water partition coefficient (Wildman–Crippen LogP) is 2.49. The summed E-state index contributed by atoms with van der Waals surface area (Å²) in [6, 6.07) is 7.37. The molecule has 2 N–H and O–H groups in total. The van der Waals surface area contributed by atoms with Crippen molar-refractivity contribution in [1.29, 1.82) is 0 Å². The van der Waals surface area contributed by atoms with E-state index in [1.165, 1.54) is 0 Å². The molecule has 0 bridgehead atoms. The Balaban J connectivity index is 2.56. The van der Waals surface area contributed by atoms with Crippen LogP contribution in [0.4, 0.5) is 0 Å². The first-order valence-corrected chi connectivity index (χ1v) is 7.63. The van der Waals surface area contributed by atoms with Crippen LogP contribution in [0, 0.1) is 11.8 Å². The lowest BCUT2D eigenvalue weighted by atomic mass is 9.99. The highest BCUT2D eigenvalue weighted by Crippen LogP contribution is 2.15. The van der Waals surface area contributed by atoms with Gasteiger partial charge in [-0.25, -0.2) is 0 Å². The zero-order valence-electron chi connectivity index (χ0n) is 13.5. The minimum Gasteiger partial charge on any atom is -0.494 e. The molecule has 0 spiro atoms. The van der Waals surface area contributed by atoms with Gasteiger partial charge in [0.05, 0.1) is 12.5 Å². The molecule has 5 nitrogen and oxygen atoms in total. The molecule has 1 unspecified atom stereocenters. The molecule has 0 heterocycles. The fraction of sp³-hybridized carbons (Fsp3) is 0.529. The second-order valence-corrected chi connectivity index (χ2v) is 5.72. The van der Waals surface area contributed by atoms with Gasteiger partial charge < -0.3 is 15.2 Å². The SMILES string of the molecule is CCOc1ccc(CC(CNC(=O)CC(C)C)C(=O)O)cc1. The highest BCUT2D eigenvalue weighted by molar-refractivity contribution is 5.77. The van der Waals surface area contributed by atoms with E-state index >= 15 is 0 Å². The molecule has 1 aromatic rings. The van der Waals surface area contributed by atoms with E-state index in [-0.39, 0.29) is 18.4 Å². The van der Waals surface area contributed by atoms with Gasteiger partial charge in [0.2, 0.25) is 5.91 Å². The van der Waals surface area contributed by atoms with Gasteiger partial charge in [-0.05, 0) is 37.0 Å². The summed E-state index contributed by atoms with van der Waals surface area (Å²) < 4.78 is 5.36. The molecule has 1 amide bonds. The Labute approximate surface area is 131 Å². The molecule has 0 aliphatic rings. The van der Waals surface area contributed by atoms with Crippen LogP contribution in [0.15, 0.2) is 24.3 Å². The molecule has 1 aromatic carbocycles. The first-order valence-electron chi connectivity index (χ1n) is 7.63. The Morgan fingerprint density at radius 2 is 1.86 bits per heavy atom. The summed E-state index contributed by atoms with van der Waals surface area (Å²) in [5.74, 6) is -0.613. The lowest BCUT2D eigenvalue weighted by molar-refractivity contribution is -0.141. The van der Waals surface area contributed by atoms with E-state index in [1.54, 1.807) is 0 Å². The van der Waals surface area contributed by atoms with E-state index in [0.29, 0.717) is 19.4 Å². The normalized spacial score (nSPS) is 12.0. The maximum Gasteiger partial charge on any atom is 0.308 e. The van der Waals surface area contributed by atoms with Crippen molar-refractivity contribution in [3.63, 3.8) is 0 Å². The number of rotatable bonds is 9. The Morgan fingerprint density at radius 3 is 2.36 bits per heavy atom. The van der Waals surface area contributed by atoms with E-state index in [0.717, 1.165) is 11.3 Å². The van der Waals surface area contributed by atoms with Crippen LogP contribution in [-0.2, 0) is 16.0 Å². The lowest BCUT2D eigenvalue weighted by Gasteiger charge is -2.14. The second kappa shape index (κ2) is 9.07. The summed E-state index contributed by atoms with van der Waals surface area (Å²) >= 11 is 0. The van der Waals surface area contributed by atoms with Crippen molar-refractivity contribution in [3.8, 4) is 5.75 Å². The van der Waals surface area contributed by atoms with Crippen molar-refractivity contribution in [1.82, 2.24) is 5.32 Å². The minimum atomic E-state index is -0.904. The maximum absolute atomic E-state index is 11.6. The average molecular weight is 307 g/mol. The molecular weight excluding hydrogens is 282 g/mol. The van der Waals surface area contributed by atoms with Crippen LogP contribution in [0.3, 0.4) is 0 Å². The van der Waals surface area contributed by atoms with Gasteiger partial charge in [0.15, 0.2) is 0 Å². The highest BCUT2D eigenvalue weighted by Gasteiger charge is 2.19. The van der Waals surface area contributed by atoms with Gasteiger partial charge in [-0.15, -0.1) is 0 Å². The van der Waals surface area contributed by atoms with E-state index in [4.69, 9.17) is 4.74 Å². The molecule has 0 aromatic heterocycles. The number of carboxylic acid groups (broad SMARTS) is 1. The Morgan fingerprint density at radius 1 is 1.23 bits per heavy atom. The molecule has 0 saturated carbocycles. The lowest BCUT2D eigenvalue weighted by Crippen LogP contribution is -2.34. The number of benzene rings is 1. The number of amides is 1. The van der Waals surface area contributed by atoms with E-state index < -0.39 is 11.9 Å². The van der Waals surface area contributed by atoms with Crippen LogP contribution >= 0.6 is 0 Å². The number of hydrogen-bond acceptors (Lipinski definition) is 3. The fourth-order valence-electron chi connectivity index (χ4n) is 2.10. The molecule has 0 aliphatic heterocycles. The molecule has 22 heavy (non-hydrogen) atoms. The largest absolute Gasteiger partial charge is 0.494 e. The van der Waals surface area contributed by atoms with Crippen LogP contribution in [0.2, 0.25) is 0 Å². The van der Waals surface area contributed by atoms with Crippen LogP contribution in [0.5, 0.6) is 5.75 Å². The van der Waals surface area contributed by atoms with Crippen molar-refractivity contribution in [3.05, 3.63) is 29.8 Å². The van der Waals surface area contributed by atoms with Gasteiger partial charge in [0, 0.05) is 13.0 Å². The standard InChI is InChI=1S/C17H25NO4/c1-4-22-15-7-5-13(6-8-15)10-14(17(20)21)11-18-16(19)9-12(2)3/h5-8,12,14H,4,9-11H2,1-3H3,(H,18,19)(H,20,21). The van der Waals surface area contributed by atoms with Gasteiger partial charge in [-0.2, -0.15) is 0 Å². The summed E-state index contributed by atoms with van der Waals surface area (Å²) in [6.45, 7) is 6.56. The van der Waals surface area contributed by atoms with Gasteiger partial charge in [-0.3, -0.25) is 9.59 Å².